The SMILES string of the molecule is Cc1ccccc1CN(CC(=O)NCc1ccc2c(c1)OCO2)S(=O)(=O)c1ccc(Cl)cc1. The molecule has 1 amide bonds. The lowest BCUT2D eigenvalue weighted by molar-refractivity contribution is -0.121. The Balaban J connectivity index is 1.51. The number of fused-ring (bicyclic) bond motifs is 1. The van der Waals surface area contributed by atoms with Gasteiger partial charge in [-0.25, -0.2) is 8.42 Å². The van der Waals surface area contributed by atoms with Crippen molar-refractivity contribution in [2.75, 3.05) is 13.3 Å². The first kappa shape index (κ1) is 23.1. The van der Waals surface area contributed by atoms with Gasteiger partial charge < -0.3 is 14.8 Å². The quantitative estimate of drug-likeness (QED) is 0.522. The molecule has 0 saturated heterocycles. The molecule has 172 valence electrons. The summed E-state index contributed by atoms with van der Waals surface area (Å²) in [4.78, 5) is 12.8. The molecule has 3 aromatic rings. The van der Waals surface area contributed by atoms with Crippen LogP contribution >= 0.6 is 11.6 Å². The van der Waals surface area contributed by atoms with E-state index in [4.69, 9.17) is 21.1 Å². The predicted octanol–water partition coefficient (Wildman–Crippen LogP) is 3.88. The molecule has 9 heteroatoms. The molecule has 0 saturated carbocycles. The van der Waals surface area contributed by atoms with E-state index in [-0.39, 0.29) is 31.3 Å². The van der Waals surface area contributed by atoms with Crippen molar-refractivity contribution in [3.05, 3.63) is 88.4 Å². The van der Waals surface area contributed by atoms with Crippen molar-refractivity contribution in [3.63, 3.8) is 0 Å². The smallest absolute Gasteiger partial charge is 0.243 e. The topological polar surface area (TPSA) is 84.9 Å². The number of carbonyl (C=O) groups is 1. The number of hydrogen-bond acceptors (Lipinski definition) is 5. The third-order valence-electron chi connectivity index (χ3n) is 5.31. The van der Waals surface area contributed by atoms with Gasteiger partial charge in [-0.2, -0.15) is 4.31 Å². The van der Waals surface area contributed by atoms with Crippen LogP contribution in [0.1, 0.15) is 16.7 Å². The molecule has 0 atom stereocenters. The van der Waals surface area contributed by atoms with Crippen molar-refractivity contribution < 1.29 is 22.7 Å². The van der Waals surface area contributed by atoms with E-state index < -0.39 is 15.9 Å². The molecule has 33 heavy (non-hydrogen) atoms. The number of sulfonamides is 1. The molecule has 7 nitrogen and oxygen atoms in total. The molecule has 1 heterocycles. The third-order valence-corrected chi connectivity index (χ3v) is 7.36. The van der Waals surface area contributed by atoms with Crippen LogP contribution in [0.4, 0.5) is 0 Å². The van der Waals surface area contributed by atoms with Crippen LogP contribution in [0.25, 0.3) is 0 Å². The number of nitrogens with zero attached hydrogens (tertiary/aromatic N) is 1. The summed E-state index contributed by atoms with van der Waals surface area (Å²) >= 11 is 5.92. The Morgan fingerprint density at radius 2 is 1.76 bits per heavy atom. The van der Waals surface area contributed by atoms with Gasteiger partial charge in [0.25, 0.3) is 0 Å². The van der Waals surface area contributed by atoms with Gasteiger partial charge in [-0.15, -0.1) is 0 Å². The highest BCUT2D eigenvalue weighted by atomic mass is 35.5. The number of hydrogen-bond donors (Lipinski definition) is 1. The molecule has 1 N–H and O–H groups in total. The molecular weight excluding hydrogens is 464 g/mol. The van der Waals surface area contributed by atoms with Gasteiger partial charge in [-0.1, -0.05) is 41.9 Å². The number of ether oxygens (including phenoxy) is 2. The molecular formula is C24H23ClN2O5S. The lowest BCUT2D eigenvalue weighted by atomic mass is 10.1. The van der Waals surface area contributed by atoms with E-state index in [0.29, 0.717) is 16.5 Å². The standard InChI is InChI=1S/C24H23ClN2O5S/c1-17-4-2-3-5-19(17)14-27(33(29,30)21-9-7-20(25)8-10-21)15-24(28)26-13-18-6-11-22-23(12-18)32-16-31-22/h2-12H,13-16H2,1H3,(H,26,28). The maximum Gasteiger partial charge on any atom is 0.243 e. The molecule has 3 aromatic carbocycles. The van der Waals surface area contributed by atoms with Gasteiger partial charge in [-0.3, -0.25) is 4.79 Å². The van der Waals surface area contributed by atoms with Gasteiger partial charge in [0.05, 0.1) is 11.4 Å². The molecule has 0 bridgehead atoms. The van der Waals surface area contributed by atoms with Gasteiger partial charge >= 0.3 is 0 Å². The molecule has 1 aliphatic rings. The average Bonchev–Trinajstić information content (AvgIpc) is 3.27. The van der Waals surface area contributed by atoms with Crippen LogP contribution in [-0.2, 0) is 27.9 Å². The van der Waals surface area contributed by atoms with E-state index in [0.717, 1.165) is 16.7 Å². The minimum atomic E-state index is -3.94. The van der Waals surface area contributed by atoms with Gasteiger partial charge in [0.2, 0.25) is 22.7 Å². The Morgan fingerprint density at radius 1 is 1.03 bits per heavy atom. The maximum absolute atomic E-state index is 13.4. The predicted molar refractivity (Wildman–Crippen MR) is 125 cm³/mol. The number of rotatable bonds is 8. The molecule has 0 fully saturated rings. The number of nitrogens with one attached hydrogen (secondary N) is 1. The molecule has 0 spiro atoms. The molecule has 0 aromatic heterocycles. The second kappa shape index (κ2) is 9.82. The largest absolute Gasteiger partial charge is 0.454 e. The van der Waals surface area contributed by atoms with Crippen LogP contribution < -0.4 is 14.8 Å². The van der Waals surface area contributed by atoms with Crippen molar-refractivity contribution in [2.45, 2.75) is 24.9 Å². The van der Waals surface area contributed by atoms with Gasteiger partial charge in [0.1, 0.15) is 0 Å². The first-order valence-corrected chi connectivity index (χ1v) is 12.1. The van der Waals surface area contributed by atoms with Crippen LogP contribution in [-0.4, -0.2) is 32.0 Å². The first-order chi connectivity index (χ1) is 15.8. The summed E-state index contributed by atoms with van der Waals surface area (Å²) in [5, 5.41) is 3.22. The Labute approximate surface area is 197 Å². The lowest BCUT2D eigenvalue weighted by Crippen LogP contribution is -2.40. The Kier molecular flexibility index (Phi) is 6.88. The summed E-state index contributed by atoms with van der Waals surface area (Å²) in [6.45, 7) is 2.04. The normalized spacial score (nSPS) is 12.7. The average molecular weight is 487 g/mol. The summed E-state index contributed by atoms with van der Waals surface area (Å²) < 4.78 is 38.6. The Bertz CT molecular complexity index is 1260. The zero-order chi connectivity index (χ0) is 23.4. The summed E-state index contributed by atoms with van der Waals surface area (Å²) in [5.41, 5.74) is 2.58. The van der Waals surface area contributed by atoms with E-state index >= 15 is 0 Å². The van der Waals surface area contributed by atoms with Crippen LogP contribution in [0.2, 0.25) is 5.02 Å². The highest BCUT2D eigenvalue weighted by molar-refractivity contribution is 7.89. The van der Waals surface area contributed by atoms with E-state index in [1.807, 2.05) is 37.3 Å². The highest BCUT2D eigenvalue weighted by Gasteiger charge is 2.27. The van der Waals surface area contributed by atoms with Gasteiger partial charge in [0.15, 0.2) is 11.5 Å². The summed E-state index contributed by atoms with van der Waals surface area (Å²) in [6, 6.07) is 18.8. The van der Waals surface area contributed by atoms with Crippen molar-refractivity contribution in [1.29, 1.82) is 0 Å². The van der Waals surface area contributed by atoms with Crippen LogP contribution in [0.15, 0.2) is 71.6 Å². The number of benzene rings is 3. The monoisotopic (exact) mass is 486 g/mol. The summed E-state index contributed by atoms with van der Waals surface area (Å²) in [6.07, 6.45) is 0. The molecule has 0 unspecified atom stereocenters. The summed E-state index contributed by atoms with van der Waals surface area (Å²) in [7, 11) is -3.94. The van der Waals surface area contributed by atoms with Gasteiger partial charge in [-0.05, 0) is 60.0 Å². The Morgan fingerprint density at radius 3 is 2.52 bits per heavy atom. The van der Waals surface area contributed by atoms with Crippen LogP contribution in [0.3, 0.4) is 0 Å². The van der Waals surface area contributed by atoms with Crippen LogP contribution in [0.5, 0.6) is 11.5 Å². The zero-order valence-electron chi connectivity index (χ0n) is 18.0. The van der Waals surface area contributed by atoms with Crippen LogP contribution in [0, 0.1) is 6.92 Å². The number of halogens is 1. The maximum atomic E-state index is 13.4. The number of aryl methyl sites for hydroxylation is 1. The second-order valence-electron chi connectivity index (χ2n) is 7.62. The minimum absolute atomic E-state index is 0.0646. The molecule has 0 radical (unpaired) electrons. The number of carbonyl (C=O) groups excluding carboxylic acids is 1. The third kappa shape index (κ3) is 5.47. The van der Waals surface area contributed by atoms with Crippen molar-refractivity contribution in [1.82, 2.24) is 9.62 Å². The zero-order valence-corrected chi connectivity index (χ0v) is 19.5. The minimum Gasteiger partial charge on any atom is -0.454 e. The summed E-state index contributed by atoms with van der Waals surface area (Å²) in [5.74, 6) is 0.857. The molecule has 4 rings (SSSR count). The van der Waals surface area contributed by atoms with Crippen molar-refractivity contribution in [2.24, 2.45) is 0 Å². The fourth-order valence-electron chi connectivity index (χ4n) is 3.43. The number of amides is 1. The van der Waals surface area contributed by atoms with E-state index in [1.165, 1.54) is 28.6 Å². The second-order valence-corrected chi connectivity index (χ2v) is 9.99. The molecule has 0 aliphatic carbocycles. The fraction of sp³-hybridized carbons (Fsp3) is 0.208. The molecule has 1 aliphatic heterocycles. The fourth-order valence-corrected chi connectivity index (χ4v) is 4.93. The van der Waals surface area contributed by atoms with E-state index in [2.05, 4.69) is 5.32 Å². The van der Waals surface area contributed by atoms with E-state index in [1.54, 1.807) is 12.1 Å². The first-order valence-electron chi connectivity index (χ1n) is 10.3. The van der Waals surface area contributed by atoms with Crippen molar-refractivity contribution >= 4 is 27.5 Å². The van der Waals surface area contributed by atoms with Crippen molar-refractivity contribution in [3.8, 4) is 11.5 Å². The Hall–Kier alpha value is -3.07. The van der Waals surface area contributed by atoms with E-state index in [9.17, 15) is 13.2 Å². The van der Waals surface area contributed by atoms with Gasteiger partial charge in [0, 0.05) is 18.1 Å². The lowest BCUT2D eigenvalue weighted by Gasteiger charge is -2.23. The highest BCUT2D eigenvalue weighted by Crippen LogP contribution is 2.32.